The standard InChI is InChI=1S/C22H21F3N4O2/c1-31-16-6-7-19-26-27-20(29(19)12-16)21(30)28-10-14-8-13(9-15(14)11-28)17-4-2-3-5-18(17)22(23,24)25/h2-7,12-15H,8-11H2,1H3/t13-,14+,15-. The van der Waals surface area contributed by atoms with Crippen molar-refractivity contribution in [2.24, 2.45) is 11.8 Å². The summed E-state index contributed by atoms with van der Waals surface area (Å²) in [7, 11) is 1.54. The van der Waals surface area contributed by atoms with Crippen LogP contribution < -0.4 is 4.74 Å². The molecule has 0 spiro atoms. The lowest BCUT2D eigenvalue weighted by Crippen LogP contribution is -2.31. The highest BCUT2D eigenvalue weighted by Gasteiger charge is 2.45. The zero-order chi connectivity index (χ0) is 21.8. The molecule has 2 aromatic heterocycles. The molecular formula is C22H21F3N4O2. The minimum absolute atomic E-state index is 0.136. The molecule has 0 N–H and O–H groups in total. The van der Waals surface area contributed by atoms with Crippen molar-refractivity contribution in [2.75, 3.05) is 20.2 Å². The van der Waals surface area contributed by atoms with E-state index in [1.165, 1.54) is 6.07 Å². The predicted molar refractivity (Wildman–Crippen MR) is 106 cm³/mol. The zero-order valence-corrected chi connectivity index (χ0v) is 16.8. The maximum Gasteiger partial charge on any atom is 0.416 e. The number of fused-ring (bicyclic) bond motifs is 2. The van der Waals surface area contributed by atoms with Gasteiger partial charge in [-0.3, -0.25) is 9.20 Å². The SMILES string of the molecule is COc1ccc2nnc(C(=O)N3C[C@H]4C[C@H](c5ccccc5C(F)(F)F)C[C@H]4C3)n2c1. The van der Waals surface area contributed by atoms with Gasteiger partial charge in [-0.2, -0.15) is 13.2 Å². The average molecular weight is 430 g/mol. The molecular weight excluding hydrogens is 409 g/mol. The first-order chi connectivity index (χ1) is 14.8. The second kappa shape index (κ2) is 7.25. The molecule has 1 saturated heterocycles. The predicted octanol–water partition coefficient (Wildman–Crippen LogP) is 4.02. The molecule has 2 aliphatic rings. The fraction of sp³-hybridized carbons (Fsp3) is 0.409. The van der Waals surface area contributed by atoms with Gasteiger partial charge >= 0.3 is 6.18 Å². The number of aromatic nitrogens is 3. The van der Waals surface area contributed by atoms with Crippen LogP contribution in [0.3, 0.4) is 0 Å². The van der Waals surface area contributed by atoms with Crippen LogP contribution in [0, 0.1) is 11.8 Å². The summed E-state index contributed by atoms with van der Waals surface area (Å²) in [4.78, 5) is 14.9. The molecule has 1 aromatic carbocycles. The molecule has 9 heteroatoms. The van der Waals surface area contributed by atoms with E-state index < -0.39 is 11.7 Å². The van der Waals surface area contributed by atoms with Gasteiger partial charge < -0.3 is 9.64 Å². The smallest absolute Gasteiger partial charge is 0.416 e. The highest BCUT2D eigenvalue weighted by atomic mass is 19.4. The third kappa shape index (κ3) is 3.41. The molecule has 0 unspecified atom stereocenters. The number of rotatable bonds is 3. The summed E-state index contributed by atoms with van der Waals surface area (Å²) in [5.41, 5.74) is 0.377. The number of amides is 1. The minimum Gasteiger partial charge on any atom is -0.495 e. The van der Waals surface area contributed by atoms with E-state index in [2.05, 4.69) is 10.2 Å². The van der Waals surface area contributed by atoms with Crippen LogP contribution in [0.2, 0.25) is 0 Å². The summed E-state index contributed by atoms with van der Waals surface area (Å²) in [6.45, 7) is 1.04. The summed E-state index contributed by atoms with van der Waals surface area (Å²) in [6, 6.07) is 9.32. The number of hydrogen-bond acceptors (Lipinski definition) is 4. The quantitative estimate of drug-likeness (QED) is 0.630. The second-order valence-corrected chi connectivity index (χ2v) is 8.30. The molecule has 5 rings (SSSR count). The number of alkyl halides is 3. The number of benzene rings is 1. The van der Waals surface area contributed by atoms with E-state index in [4.69, 9.17) is 4.74 Å². The van der Waals surface area contributed by atoms with Gasteiger partial charge in [0.15, 0.2) is 5.65 Å². The van der Waals surface area contributed by atoms with Crippen molar-refractivity contribution < 1.29 is 22.7 Å². The van der Waals surface area contributed by atoms with Crippen LogP contribution in [0.4, 0.5) is 13.2 Å². The second-order valence-electron chi connectivity index (χ2n) is 8.30. The Morgan fingerprint density at radius 1 is 1.06 bits per heavy atom. The number of pyridine rings is 1. The van der Waals surface area contributed by atoms with Gasteiger partial charge in [-0.15, -0.1) is 10.2 Å². The summed E-state index contributed by atoms with van der Waals surface area (Å²) in [5, 5.41) is 8.10. The molecule has 0 radical (unpaired) electrons. The van der Waals surface area contributed by atoms with Crippen LogP contribution in [0.15, 0.2) is 42.6 Å². The number of nitrogens with zero attached hydrogens (tertiary/aromatic N) is 4. The minimum atomic E-state index is -4.36. The summed E-state index contributed by atoms with van der Waals surface area (Å²) in [5.74, 6) is 0.817. The maximum atomic E-state index is 13.4. The first-order valence-electron chi connectivity index (χ1n) is 10.2. The van der Waals surface area contributed by atoms with E-state index in [0.29, 0.717) is 42.9 Å². The van der Waals surface area contributed by atoms with Gasteiger partial charge in [-0.1, -0.05) is 18.2 Å². The third-order valence-electron chi connectivity index (χ3n) is 6.55. The van der Waals surface area contributed by atoms with Gasteiger partial charge in [0.2, 0.25) is 5.82 Å². The maximum absolute atomic E-state index is 13.4. The van der Waals surface area contributed by atoms with Crippen molar-refractivity contribution >= 4 is 11.6 Å². The van der Waals surface area contributed by atoms with Gasteiger partial charge in [0.1, 0.15) is 5.75 Å². The Bertz CT molecular complexity index is 1130. The molecule has 1 aliphatic heterocycles. The normalized spacial score (nSPS) is 23.4. The zero-order valence-electron chi connectivity index (χ0n) is 16.8. The molecule has 6 nitrogen and oxygen atoms in total. The van der Waals surface area contributed by atoms with Crippen molar-refractivity contribution in [1.29, 1.82) is 0 Å². The van der Waals surface area contributed by atoms with Crippen LogP contribution >= 0.6 is 0 Å². The Labute approximate surface area is 176 Å². The number of carbonyl (C=O) groups excluding carboxylic acids is 1. The van der Waals surface area contributed by atoms with E-state index in [1.54, 1.807) is 46.9 Å². The fourth-order valence-corrected chi connectivity index (χ4v) is 5.11. The monoisotopic (exact) mass is 430 g/mol. The van der Waals surface area contributed by atoms with Gasteiger partial charge in [-0.25, -0.2) is 0 Å². The van der Waals surface area contributed by atoms with Gasteiger partial charge in [0.25, 0.3) is 5.91 Å². The first kappa shape index (κ1) is 19.8. The first-order valence-corrected chi connectivity index (χ1v) is 10.2. The van der Waals surface area contributed by atoms with Crippen molar-refractivity contribution in [2.45, 2.75) is 24.9 Å². The van der Waals surface area contributed by atoms with Crippen LogP contribution in [-0.4, -0.2) is 45.6 Å². The van der Waals surface area contributed by atoms with E-state index in [-0.39, 0.29) is 29.5 Å². The number of methoxy groups -OCH3 is 1. The van der Waals surface area contributed by atoms with Crippen molar-refractivity contribution in [1.82, 2.24) is 19.5 Å². The molecule has 162 valence electrons. The van der Waals surface area contributed by atoms with E-state index in [0.717, 1.165) is 6.07 Å². The topological polar surface area (TPSA) is 59.7 Å². The summed E-state index contributed by atoms with van der Waals surface area (Å²) >= 11 is 0. The molecule has 1 amide bonds. The molecule has 31 heavy (non-hydrogen) atoms. The van der Waals surface area contributed by atoms with Crippen LogP contribution in [-0.2, 0) is 6.18 Å². The molecule has 1 saturated carbocycles. The Hall–Kier alpha value is -3.10. The Morgan fingerprint density at radius 2 is 1.77 bits per heavy atom. The van der Waals surface area contributed by atoms with Crippen LogP contribution in [0.5, 0.6) is 5.75 Å². The number of carbonyl (C=O) groups is 1. The summed E-state index contributed by atoms with van der Waals surface area (Å²) < 4.78 is 47.1. The molecule has 3 aromatic rings. The number of halogens is 3. The average Bonchev–Trinajstić information content (AvgIpc) is 3.45. The lowest BCUT2D eigenvalue weighted by Gasteiger charge is -2.21. The molecule has 0 bridgehead atoms. The highest BCUT2D eigenvalue weighted by molar-refractivity contribution is 5.91. The molecule has 3 heterocycles. The van der Waals surface area contributed by atoms with Crippen molar-refractivity contribution in [3.63, 3.8) is 0 Å². The van der Waals surface area contributed by atoms with Crippen LogP contribution in [0.25, 0.3) is 5.65 Å². The lowest BCUT2D eigenvalue weighted by atomic mass is 9.91. The fourth-order valence-electron chi connectivity index (χ4n) is 5.11. The lowest BCUT2D eigenvalue weighted by molar-refractivity contribution is -0.138. The van der Waals surface area contributed by atoms with Crippen LogP contribution in [0.1, 0.15) is 40.5 Å². The number of hydrogen-bond donors (Lipinski definition) is 0. The van der Waals surface area contributed by atoms with Crippen molar-refractivity contribution in [3.8, 4) is 5.75 Å². The molecule has 2 fully saturated rings. The Balaban J connectivity index is 1.33. The van der Waals surface area contributed by atoms with E-state index >= 15 is 0 Å². The van der Waals surface area contributed by atoms with E-state index in [1.807, 2.05) is 0 Å². The number of ether oxygens (including phenoxy) is 1. The van der Waals surface area contributed by atoms with Crippen molar-refractivity contribution in [3.05, 3.63) is 59.5 Å². The van der Waals surface area contributed by atoms with Gasteiger partial charge in [0.05, 0.1) is 18.9 Å². The highest BCUT2D eigenvalue weighted by Crippen LogP contribution is 2.49. The third-order valence-corrected chi connectivity index (χ3v) is 6.55. The number of likely N-dealkylation sites (tertiary alicyclic amines) is 1. The molecule has 3 atom stereocenters. The van der Waals surface area contributed by atoms with Gasteiger partial charge in [-0.05, 0) is 54.4 Å². The largest absolute Gasteiger partial charge is 0.495 e. The summed E-state index contributed by atoms with van der Waals surface area (Å²) in [6.07, 6.45) is -1.39. The Kier molecular flexibility index (Phi) is 4.64. The van der Waals surface area contributed by atoms with E-state index in [9.17, 15) is 18.0 Å². The van der Waals surface area contributed by atoms with Gasteiger partial charge in [0, 0.05) is 13.1 Å². The Morgan fingerprint density at radius 3 is 2.45 bits per heavy atom. The molecule has 1 aliphatic carbocycles.